The number of halogens is 4. The van der Waals surface area contributed by atoms with Gasteiger partial charge in [0.1, 0.15) is 5.75 Å². The quantitative estimate of drug-likeness (QED) is 0.489. The Balaban J connectivity index is 2.43. The number of rotatable bonds is 4. The number of alkyl halides is 1. The van der Waals surface area contributed by atoms with Crippen molar-refractivity contribution >= 4 is 55.1 Å². The molecule has 0 bridgehead atoms. The summed E-state index contributed by atoms with van der Waals surface area (Å²) in [6.07, 6.45) is 0. The molecule has 0 saturated carbocycles. The van der Waals surface area contributed by atoms with Crippen LogP contribution >= 0.6 is 55.1 Å². The van der Waals surface area contributed by atoms with Gasteiger partial charge in [-0.1, -0.05) is 33.6 Å². The molecule has 0 saturated heterocycles. The maximum atomic E-state index is 6.60. The molecular formula is C15H12Br2Cl2O. The number of benzene rings is 2. The second kappa shape index (κ2) is 7.17. The largest absolute Gasteiger partial charge is 0.494 e. The minimum Gasteiger partial charge on any atom is -0.494 e. The molecule has 0 heterocycles. The first kappa shape index (κ1) is 16.2. The van der Waals surface area contributed by atoms with Crippen molar-refractivity contribution in [3.05, 3.63) is 61.5 Å². The van der Waals surface area contributed by atoms with Crippen molar-refractivity contribution in [1.82, 2.24) is 0 Å². The zero-order valence-electron chi connectivity index (χ0n) is 10.7. The highest BCUT2D eigenvalue weighted by Crippen LogP contribution is 2.38. The van der Waals surface area contributed by atoms with Crippen LogP contribution in [0.4, 0.5) is 0 Å². The molecule has 2 aromatic carbocycles. The Morgan fingerprint density at radius 1 is 1.15 bits per heavy atom. The Morgan fingerprint density at radius 3 is 2.55 bits per heavy atom. The van der Waals surface area contributed by atoms with Gasteiger partial charge in [-0.2, -0.15) is 0 Å². The normalized spacial score (nSPS) is 12.2. The lowest BCUT2D eigenvalue weighted by molar-refractivity contribution is 0.337. The molecule has 0 amide bonds. The molecule has 0 aliphatic carbocycles. The fourth-order valence-corrected chi connectivity index (χ4v) is 3.05. The van der Waals surface area contributed by atoms with Crippen LogP contribution in [0.1, 0.15) is 23.4 Å². The van der Waals surface area contributed by atoms with E-state index in [-0.39, 0.29) is 5.38 Å². The molecule has 0 spiro atoms. The monoisotopic (exact) mass is 436 g/mol. The Labute approximate surface area is 145 Å². The van der Waals surface area contributed by atoms with E-state index in [1.165, 1.54) is 0 Å². The van der Waals surface area contributed by atoms with E-state index in [2.05, 4.69) is 31.9 Å². The van der Waals surface area contributed by atoms with E-state index in [0.29, 0.717) is 11.6 Å². The number of hydrogen-bond donors (Lipinski definition) is 0. The molecular weight excluding hydrogens is 427 g/mol. The number of ether oxygens (including phenoxy) is 1. The lowest BCUT2D eigenvalue weighted by Gasteiger charge is -2.16. The van der Waals surface area contributed by atoms with Gasteiger partial charge >= 0.3 is 0 Å². The minimum absolute atomic E-state index is 0.303. The van der Waals surface area contributed by atoms with Crippen molar-refractivity contribution in [3.8, 4) is 5.75 Å². The summed E-state index contributed by atoms with van der Waals surface area (Å²) in [5.74, 6) is 0.793. The molecule has 20 heavy (non-hydrogen) atoms. The predicted octanol–water partition coefficient (Wildman–Crippen LogP) is 6.59. The second-order valence-corrected chi connectivity index (χ2v) is 6.76. The summed E-state index contributed by atoms with van der Waals surface area (Å²) >= 11 is 19.5. The minimum atomic E-state index is -0.303. The molecule has 5 heteroatoms. The first-order chi connectivity index (χ1) is 9.52. The molecule has 1 nitrogen and oxygen atoms in total. The van der Waals surface area contributed by atoms with Gasteiger partial charge in [0.05, 0.1) is 17.0 Å². The van der Waals surface area contributed by atoms with Crippen LogP contribution in [0, 0.1) is 0 Å². The zero-order valence-corrected chi connectivity index (χ0v) is 15.4. The van der Waals surface area contributed by atoms with Crippen LogP contribution in [0.15, 0.2) is 45.3 Å². The third-order valence-electron chi connectivity index (χ3n) is 2.78. The Hall–Kier alpha value is -0.220. The van der Waals surface area contributed by atoms with Crippen molar-refractivity contribution < 1.29 is 4.74 Å². The van der Waals surface area contributed by atoms with Gasteiger partial charge < -0.3 is 4.74 Å². The Kier molecular flexibility index (Phi) is 5.79. The average Bonchev–Trinajstić information content (AvgIpc) is 2.43. The highest BCUT2D eigenvalue weighted by Gasteiger charge is 2.17. The van der Waals surface area contributed by atoms with Crippen molar-refractivity contribution in [1.29, 1.82) is 0 Å². The SMILES string of the molecule is CCOc1ccc(Br)cc1C(Cl)c1ccc(Cl)c(Br)c1. The third kappa shape index (κ3) is 3.70. The Morgan fingerprint density at radius 2 is 1.90 bits per heavy atom. The summed E-state index contributed by atoms with van der Waals surface area (Å²) in [5.41, 5.74) is 1.89. The third-order valence-corrected chi connectivity index (χ3v) is 4.98. The van der Waals surface area contributed by atoms with Gasteiger partial charge in [-0.05, 0) is 58.7 Å². The van der Waals surface area contributed by atoms with Crippen LogP contribution in [-0.4, -0.2) is 6.61 Å². The van der Waals surface area contributed by atoms with E-state index in [1.807, 2.05) is 43.3 Å². The highest BCUT2D eigenvalue weighted by molar-refractivity contribution is 9.10. The van der Waals surface area contributed by atoms with E-state index in [1.54, 1.807) is 0 Å². The highest BCUT2D eigenvalue weighted by atomic mass is 79.9. The van der Waals surface area contributed by atoms with E-state index < -0.39 is 0 Å². The van der Waals surface area contributed by atoms with Gasteiger partial charge in [-0.25, -0.2) is 0 Å². The van der Waals surface area contributed by atoms with Gasteiger partial charge in [0.2, 0.25) is 0 Å². The lowest BCUT2D eigenvalue weighted by Crippen LogP contribution is -2.00. The number of hydrogen-bond acceptors (Lipinski definition) is 1. The van der Waals surface area contributed by atoms with Crippen molar-refractivity contribution in [2.24, 2.45) is 0 Å². The summed E-state index contributed by atoms with van der Waals surface area (Å²) in [6, 6.07) is 11.5. The molecule has 0 aliphatic rings. The lowest BCUT2D eigenvalue weighted by atomic mass is 10.0. The first-order valence-corrected chi connectivity index (χ1v) is 8.44. The molecule has 0 radical (unpaired) electrons. The fourth-order valence-electron chi connectivity index (χ4n) is 1.85. The van der Waals surface area contributed by atoms with E-state index in [0.717, 1.165) is 25.8 Å². The molecule has 106 valence electrons. The van der Waals surface area contributed by atoms with Gasteiger partial charge in [-0.3, -0.25) is 0 Å². The standard InChI is InChI=1S/C15H12Br2Cl2O/c1-2-20-14-6-4-10(16)8-11(14)15(19)9-3-5-13(18)12(17)7-9/h3-8,15H,2H2,1H3. The average molecular weight is 439 g/mol. The molecule has 0 aliphatic heterocycles. The van der Waals surface area contributed by atoms with Crippen molar-refractivity contribution in [2.75, 3.05) is 6.61 Å². The molecule has 0 N–H and O–H groups in total. The smallest absolute Gasteiger partial charge is 0.124 e. The maximum Gasteiger partial charge on any atom is 0.124 e. The van der Waals surface area contributed by atoms with Crippen LogP contribution in [0.3, 0.4) is 0 Å². The molecule has 1 atom stereocenters. The molecule has 0 fully saturated rings. The summed E-state index contributed by atoms with van der Waals surface area (Å²) < 4.78 is 7.44. The molecule has 2 rings (SSSR count). The topological polar surface area (TPSA) is 9.23 Å². The van der Waals surface area contributed by atoms with Crippen LogP contribution in [0.25, 0.3) is 0 Å². The maximum absolute atomic E-state index is 6.60. The predicted molar refractivity (Wildman–Crippen MR) is 92.2 cm³/mol. The second-order valence-electron chi connectivity index (χ2n) is 4.15. The fraction of sp³-hybridized carbons (Fsp3) is 0.200. The molecule has 1 unspecified atom stereocenters. The van der Waals surface area contributed by atoms with E-state index in [9.17, 15) is 0 Å². The molecule has 2 aromatic rings. The summed E-state index contributed by atoms with van der Waals surface area (Å²) in [4.78, 5) is 0. The summed E-state index contributed by atoms with van der Waals surface area (Å²) in [7, 11) is 0. The van der Waals surface area contributed by atoms with Gasteiger partial charge in [-0.15, -0.1) is 11.6 Å². The first-order valence-electron chi connectivity index (χ1n) is 6.04. The summed E-state index contributed by atoms with van der Waals surface area (Å²) in [5, 5.41) is 0.361. The van der Waals surface area contributed by atoms with Gasteiger partial charge in [0.15, 0.2) is 0 Å². The van der Waals surface area contributed by atoms with Crippen LogP contribution in [0.2, 0.25) is 5.02 Å². The van der Waals surface area contributed by atoms with Crippen molar-refractivity contribution in [2.45, 2.75) is 12.3 Å². The van der Waals surface area contributed by atoms with Crippen molar-refractivity contribution in [3.63, 3.8) is 0 Å². The van der Waals surface area contributed by atoms with E-state index >= 15 is 0 Å². The van der Waals surface area contributed by atoms with E-state index in [4.69, 9.17) is 27.9 Å². The van der Waals surface area contributed by atoms with Crippen LogP contribution in [-0.2, 0) is 0 Å². The van der Waals surface area contributed by atoms with Gasteiger partial charge in [0, 0.05) is 14.5 Å². The molecule has 0 aromatic heterocycles. The van der Waals surface area contributed by atoms with Crippen LogP contribution < -0.4 is 4.74 Å². The van der Waals surface area contributed by atoms with Gasteiger partial charge in [0.25, 0.3) is 0 Å². The van der Waals surface area contributed by atoms with Crippen LogP contribution in [0.5, 0.6) is 5.75 Å². The zero-order chi connectivity index (χ0) is 14.7. The Bertz CT molecular complexity index is 617. The summed E-state index contributed by atoms with van der Waals surface area (Å²) in [6.45, 7) is 2.55.